The molecule has 0 fully saturated rings. The molecule has 19 heavy (non-hydrogen) atoms. The largest absolute Gasteiger partial charge is 0.504 e. The van der Waals surface area contributed by atoms with Crippen LogP contribution in [0.2, 0.25) is 0 Å². The third kappa shape index (κ3) is 4.42. The molecule has 1 N–H and O–H groups in total. The summed E-state index contributed by atoms with van der Waals surface area (Å²) in [5.74, 6) is -0.962. The molecule has 102 valence electrons. The molecule has 5 nitrogen and oxygen atoms in total. The number of hydrogen-bond donors (Lipinski definition) is 2. The topological polar surface area (TPSA) is 64.6 Å². The van der Waals surface area contributed by atoms with Gasteiger partial charge >= 0.3 is 0 Å². The maximum atomic E-state index is 12.0. The van der Waals surface area contributed by atoms with Crippen LogP contribution in [0, 0.1) is 0 Å². The van der Waals surface area contributed by atoms with Crippen LogP contribution in [-0.4, -0.2) is 18.9 Å². The van der Waals surface area contributed by atoms with Crippen LogP contribution in [0.1, 0.15) is 18.1 Å². The summed E-state index contributed by atoms with van der Waals surface area (Å²) in [6, 6.07) is 7.14. The van der Waals surface area contributed by atoms with Gasteiger partial charge in [-0.25, -0.2) is 0 Å². The van der Waals surface area contributed by atoms with Crippen LogP contribution < -0.4 is 5.32 Å². The number of rotatable bonds is 5. The standard InChI is InChI=1S/C13H15NO4S/c1-9(15)14-13(16)12(8-17-2)11-6-4-3-5-10(11)7-18-19/h3-6,8,19H,7H2,1-2H3,(H,14,15,16)/b12-8+. The minimum atomic E-state index is -0.527. The number of ether oxygens (including phenoxy) is 1. The van der Waals surface area contributed by atoms with Gasteiger partial charge in [-0.15, -0.1) is 0 Å². The van der Waals surface area contributed by atoms with E-state index in [-0.39, 0.29) is 12.2 Å². The molecule has 1 aromatic rings. The Hall–Kier alpha value is -1.79. The first-order chi connectivity index (χ1) is 9.10. The number of benzene rings is 1. The lowest BCUT2D eigenvalue weighted by Crippen LogP contribution is -2.29. The molecule has 6 heteroatoms. The van der Waals surface area contributed by atoms with Gasteiger partial charge < -0.3 is 8.92 Å². The van der Waals surface area contributed by atoms with Crippen LogP contribution >= 0.6 is 12.9 Å². The number of methoxy groups -OCH3 is 1. The second-order valence-electron chi connectivity index (χ2n) is 3.71. The summed E-state index contributed by atoms with van der Waals surface area (Å²) in [7, 11) is 1.43. The highest BCUT2D eigenvalue weighted by atomic mass is 32.1. The van der Waals surface area contributed by atoms with Crippen molar-refractivity contribution < 1.29 is 18.5 Å². The highest BCUT2D eigenvalue weighted by Crippen LogP contribution is 2.21. The highest BCUT2D eigenvalue weighted by Gasteiger charge is 2.16. The summed E-state index contributed by atoms with van der Waals surface area (Å²) in [6.07, 6.45) is 1.29. The number of hydrogen-bond acceptors (Lipinski definition) is 5. The lowest BCUT2D eigenvalue weighted by Gasteiger charge is -2.11. The fourth-order valence-electron chi connectivity index (χ4n) is 1.56. The van der Waals surface area contributed by atoms with Gasteiger partial charge in [0.1, 0.15) is 0 Å². The third-order valence-corrected chi connectivity index (χ3v) is 2.43. The van der Waals surface area contributed by atoms with Crippen LogP contribution in [0.4, 0.5) is 0 Å². The molecule has 0 aliphatic carbocycles. The second kappa shape index (κ2) is 7.60. The molecule has 0 heterocycles. The molecule has 0 spiro atoms. The summed E-state index contributed by atoms with van der Waals surface area (Å²) in [5.41, 5.74) is 1.63. The van der Waals surface area contributed by atoms with E-state index >= 15 is 0 Å². The van der Waals surface area contributed by atoms with Crippen molar-refractivity contribution in [3.05, 3.63) is 41.7 Å². The summed E-state index contributed by atoms with van der Waals surface area (Å²) in [5, 5.41) is 2.21. The Morgan fingerprint density at radius 2 is 2.05 bits per heavy atom. The van der Waals surface area contributed by atoms with Crippen molar-refractivity contribution in [1.82, 2.24) is 5.32 Å². The molecule has 0 bridgehead atoms. The van der Waals surface area contributed by atoms with Crippen LogP contribution in [0.15, 0.2) is 30.5 Å². The van der Waals surface area contributed by atoms with Gasteiger partial charge in [0, 0.05) is 6.92 Å². The zero-order valence-electron chi connectivity index (χ0n) is 10.7. The summed E-state index contributed by atoms with van der Waals surface area (Å²) in [4.78, 5) is 22.9. The number of nitrogens with one attached hydrogen (secondary N) is 1. The Bertz CT molecular complexity index is 499. The predicted octanol–water partition coefficient (Wildman–Crippen LogP) is 1.70. The smallest absolute Gasteiger partial charge is 0.261 e. The van der Waals surface area contributed by atoms with Crippen molar-refractivity contribution in [3.8, 4) is 0 Å². The van der Waals surface area contributed by atoms with E-state index in [9.17, 15) is 9.59 Å². The van der Waals surface area contributed by atoms with Crippen LogP contribution in [0.5, 0.6) is 0 Å². The first kappa shape index (κ1) is 15.3. The van der Waals surface area contributed by atoms with E-state index in [1.165, 1.54) is 20.3 Å². The van der Waals surface area contributed by atoms with Crippen molar-refractivity contribution >= 4 is 30.3 Å². The zero-order chi connectivity index (χ0) is 14.3. The summed E-state index contributed by atoms with van der Waals surface area (Å²) < 4.78 is 9.69. The number of carbonyl (C=O) groups is 2. The number of amides is 2. The molecular formula is C13H15NO4S. The SMILES string of the molecule is CO/C=C(/C(=O)NC(C)=O)c1ccccc1COS. The Labute approximate surface area is 117 Å². The van der Waals surface area contributed by atoms with Gasteiger partial charge in [0.05, 0.1) is 25.6 Å². The van der Waals surface area contributed by atoms with Crippen molar-refractivity contribution in [2.45, 2.75) is 13.5 Å². The van der Waals surface area contributed by atoms with E-state index in [0.717, 1.165) is 5.56 Å². The minimum Gasteiger partial charge on any atom is -0.504 e. The van der Waals surface area contributed by atoms with Gasteiger partial charge in [-0.1, -0.05) is 24.3 Å². The third-order valence-electron chi connectivity index (χ3n) is 2.30. The van der Waals surface area contributed by atoms with Crippen LogP contribution in [0.3, 0.4) is 0 Å². The van der Waals surface area contributed by atoms with Crippen LogP contribution in [-0.2, 0) is 25.1 Å². The molecule has 0 atom stereocenters. The summed E-state index contributed by atoms with van der Waals surface area (Å²) in [6.45, 7) is 1.50. The van der Waals surface area contributed by atoms with Gasteiger partial charge in [0.25, 0.3) is 5.91 Å². The van der Waals surface area contributed by atoms with Crippen molar-refractivity contribution in [1.29, 1.82) is 0 Å². The Morgan fingerprint density at radius 3 is 2.63 bits per heavy atom. The molecule has 0 radical (unpaired) electrons. The average molecular weight is 281 g/mol. The first-order valence-electron chi connectivity index (χ1n) is 5.49. The monoisotopic (exact) mass is 281 g/mol. The van der Waals surface area contributed by atoms with Gasteiger partial charge in [0.15, 0.2) is 0 Å². The van der Waals surface area contributed by atoms with E-state index in [2.05, 4.69) is 18.2 Å². The quantitative estimate of drug-likeness (QED) is 0.373. The molecule has 0 saturated carbocycles. The highest BCUT2D eigenvalue weighted by molar-refractivity contribution is 7.75. The molecule has 1 rings (SSSR count). The Kier molecular flexibility index (Phi) is 6.11. The molecule has 0 aromatic heterocycles. The molecule has 0 aliphatic rings. The van der Waals surface area contributed by atoms with E-state index in [1.807, 2.05) is 6.07 Å². The fourth-order valence-corrected chi connectivity index (χ4v) is 1.70. The molecule has 0 unspecified atom stereocenters. The van der Waals surface area contributed by atoms with Crippen LogP contribution in [0.25, 0.3) is 5.57 Å². The van der Waals surface area contributed by atoms with Crippen molar-refractivity contribution in [3.63, 3.8) is 0 Å². The minimum absolute atomic E-state index is 0.230. The molecule has 0 aliphatic heterocycles. The Morgan fingerprint density at radius 1 is 1.37 bits per heavy atom. The molecule has 1 aromatic carbocycles. The van der Waals surface area contributed by atoms with E-state index < -0.39 is 11.8 Å². The summed E-state index contributed by atoms with van der Waals surface area (Å²) >= 11 is 3.70. The number of carbonyl (C=O) groups excluding carboxylic acids is 2. The predicted molar refractivity (Wildman–Crippen MR) is 74.0 cm³/mol. The molecular weight excluding hydrogens is 266 g/mol. The number of imide groups is 1. The lowest BCUT2D eigenvalue weighted by atomic mass is 10.0. The lowest BCUT2D eigenvalue weighted by molar-refractivity contribution is -0.126. The second-order valence-corrected chi connectivity index (χ2v) is 3.97. The van der Waals surface area contributed by atoms with Gasteiger partial charge in [-0.3, -0.25) is 14.9 Å². The average Bonchev–Trinajstić information content (AvgIpc) is 2.36. The van der Waals surface area contributed by atoms with E-state index in [4.69, 9.17) is 8.92 Å². The Balaban J connectivity index is 3.16. The normalized spacial score (nSPS) is 11.0. The molecule has 0 saturated heterocycles. The van der Waals surface area contributed by atoms with E-state index in [1.54, 1.807) is 18.2 Å². The first-order valence-corrected chi connectivity index (χ1v) is 5.86. The maximum Gasteiger partial charge on any atom is 0.261 e. The number of thiol groups is 1. The van der Waals surface area contributed by atoms with Gasteiger partial charge in [-0.05, 0) is 24.0 Å². The molecule has 2 amide bonds. The maximum absolute atomic E-state index is 12.0. The van der Waals surface area contributed by atoms with Crippen molar-refractivity contribution in [2.24, 2.45) is 0 Å². The fraction of sp³-hybridized carbons (Fsp3) is 0.231. The zero-order valence-corrected chi connectivity index (χ0v) is 11.6. The van der Waals surface area contributed by atoms with Crippen molar-refractivity contribution in [2.75, 3.05) is 7.11 Å². The van der Waals surface area contributed by atoms with Gasteiger partial charge in [-0.2, -0.15) is 0 Å². The van der Waals surface area contributed by atoms with Gasteiger partial charge in [0.2, 0.25) is 5.91 Å². The van der Waals surface area contributed by atoms with E-state index in [0.29, 0.717) is 5.56 Å².